The second-order valence-electron chi connectivity index (χ2n) is 4.40. The first-order valence-electron chi connectivity index (χ1n) is 5.82. The average molecular weight is 261 g/mol. The molecule has 2 N–H and O–H groups in total. The van der Waals surface area contributed by atoms with Crippen molar-refractivity contribution in [3.05, 3.63) is 17.8 Å². The fourth-order valence-electron chi connectivity index (χ4n) is 2.03. The largest absolute Gasteiger partial charge is 0.435 e. The van der Waals surface area contributed by atoms with Crippen molar-refractivity contribution in [3.63, 3.8) is 0 Å². The summed E-state index contributed by atoms with van der Waals surface area (Å²) in [5, 5.41) is 19.2. The number of aliphatic hydroxyl groups is 1. The molecule has 1 heterocycles. The van der Waals surface area contributed by atoms with Gasteiger partial charge in [0, 0.05) is 0 Å². The summed E-state index contributed by atoms with van der Waals surface area (Å²) in [7, 11) is 0. The molecule has 1 aliphatic rings. The number of halogens is 3. The molecule has 0 spiro atoms. The van der Waals surface area contributed by atoms with E-state index in [-0.39, 0.29) is 11.9 Å². The summed E-state index contributed by atoms with van der Waals surface area (Å²) in [6.45, 7) is 0. The van der Waals surface area contributed by atoms with Crippen molar-refractivity contribution in [1.29, 1.82) is 0 Å². The van der Waals surface area contributed by atoms with Crippen LogP contribution in [0.3, 0.4) is 0 Å². The Labute approximate surface area is 102 Å². The van der Waals surface area contributed by atoms with Crippen molar-refractivity contribution >= 4 is 5.82 Å². The van der Waals surface area contributed by atoms with E-state index >= 15 is 0 Å². The summed E-state index contributed by atoms with van der Waals surface area (Å²) in [6.07, 6.45) is -1.52. The van der Waals surface area contributed by atoms with Gasteiger partial charge in [0.25, 0.3) is 0 Å². The molecule has 2 unspecified atom stereocenters. The third-order valence-corrected chi connectivity index (χ3v) is 3.02. The number of anilines is 1. The standard InChI is InChI=1S/C11H14F3N3O/c12-11(13,14)9-5-6-10(17-16-9)15-7-3-1-2-4-8(7)18/h5-8,18H,1-4H2,(H,15,17). The van der Waals surface area contributed by atoms with E-state index < -0.39 is 18.0 Å². The first kappa shape index (κ1) is 13.1. The van der Waals surface area contributed by atoms with Crippen LogP contribution in [0, 0.1) is 0 Å². The molecule has 1 aromatic rings. The predicted molar refractivity (Wildman–Crippen MR) is 58.9 cm³/mol. The maximum atomic E-state index is 12.3. The van der Waals surface area contributed by atoms with Gasteiger partial charge in [-0.05, 0) is 25.0 Å². The van der Waals surface area contributed by atoms with Crippen LogP contribution in [0.4, 0.5) is 19.0 Å². The van der Waals surface area contributed by atoms with Crippen LogP contribution < -0.4 is 5.32 Å². The zero-order chi connectivity index (χ0) is 13.2. The zero-order valence-electron chi connectivity index (χ0n) is 9.61. The Kier molecular flexibility index (Phi) is 3.70. The Morgan fingerprint density at radius 1 is 1.17 bits per heavy atom. The van der Waals surface area contributed by atoms with E-state index in [1.165, 1.54) is 6.07 Å². The van der Waals surface area contributed by atoms with Crippen LogP contribution in [0.1, 0.15) is 31.4 Å². The van der Waals surface area contributed by atoms with Gasteiger partial charge >= 0.3 is 6.18 Å². The minimum absolute atomic E-state index is 0.162. The Morgan fingerprint density at radius 2 is 1.89 bits per heavy atom. The number of aromatic nitrogens is 2. The summed E-state index contributed by atoms with van der Waals surface area (Å²) < 4.78 is 36.8. The molecular weight excluding hydrogens is 247 g/mol. The molecule has 100 valence electrons. The number of rotatable bonds is 2. The Hall–Kier alpha value is -1.37. The van der Waals surface area contributed by atoms with E-state index in [1.54, 1.807) is 0 Å². The summed E-state index contributed by atoms with van der Waals surface area (Å²) in [4.78, 5) is 0. The van der Waals surface area contributed by atoms with Crippen LogP contribution in [-0.4, -0.2) is 27.4 Å². The molecule has 18 heavy (non-hydrogen) atoms. The second kappa shape index (κ2) is 5.09. The lowest BCUT2D eigenvalue weighted by atomic mass is 9.93. The first-order valence-corrected chi connectivity index (χ1v) is 5.82. The predicted octanol–water partition coefficient (Wildman–Crippen LogP) is 2.21. The van der Waals surface area contributed by atoms with E-state index in [9.17, 15) is 18.3 Å². The summed E-state index contributed by atoms with van der Waals surface area (Å²) >= 11 is 0. The topological polar surface area (TPSA) is 58.0 Å². The van der Waals surface area contributed by atoms with E-state index in [0.29, 0.717) is 6.42 Å². The molecule has 4 nitrogen and oxygen atoms in total. The van der Waals surface area contributed by atoms with Gasteiger partial charge in [-0.25, -0.2) is 0 Å². The van der Waals surface area contributed by atoms with E-state index in [0.717, 1.165) is 25.3 Å². The summed E-state index contributed by atoms with van der Waals surface area (Å²) in [6, 6.07) is 1.95. The number of hydrogen-bond acceptors (Lipinski definition) is 4. The number of hydrogen-bond donors (Lipinski definition) is 2. The van der Waals surface area contributed by atoms with E-state index in [4.69, 9.17) is 0 Å². The molecule has 0 radical (unpaired) electrons. The van der Waals surface area contributed by atoms with E-state index in [1.807, 2.05) is 0 Å². The molecule has 0 amide bonds. The molecule has 0 aromatic carbocycles. The van der Waals surface area contributed by atoms with Crippen molar-refractivity contribution in [2.75, 3.05) is 5.32 Å². The molecular formula is C11H14F3N3O. The minimum atomic E-state index is -4.48. The highest BCUT2D eigenvalue weighted by Crippen LogP contribution is 2.27. The van der Waals surface area contributed by atoms with Crippen molar-refractivity contribution in [2.24, 2.45) is 0 Å². The highest BCUT2D eigenvalue weighted by atomic mass is 19.4. The van der Waals surface area contributed by atoms with Gasteiger partial charge < -0.3 is 10.4 Å². The molecule has 1 aliphatic carbocycles. The van der Waals surface area contributed by atoms with Crippen molar-refractivity contribution in [1.82, 2.24) is 10.2 Å². The van der Waals surface area contributed by atoms with Gasteiger partial charge in [-0.3, -0.25) is 0 Å². The molecule has 2 atom stereocenters. The molecule has 7 heteroatoms. The monoisotopic (exact) mass is 261 g/mol. The van der Waals surface area contributed by atoms with Crippen LogP contribution in [0.25, 0.3) is 0 Å². The fourth-order valence-corrected chi connectivity index (χ4v) is 2.03. The average Bonchev–Trinajstić information content (AvgIpc) is 2.32. The molecule has 1 fully saturated rings. The Balaban J connectivity index is 2.02. The third kappa shape index (κ3) is 3.10. The van der Waals surface area contributed by atoms with Gasteiger partial charge in [-0.2, -0.15) is 13.2 Å². The molecule has 0 saturated heterocycles. The van der Waals surface area contributed by atoms with Crippen LogP contribution in [-0.2, 0) is 6.18 Å². The second-order valence-corrected chi connectivity index (χ2v) is 4.40. The number of nitrogens with one attached hydrogen (secondary N) is 1. The summed E-state index contributed by atoms with van der Waals surface area (Å²) in [5.74, 6) is 0.258. The Bertz CT molecular complexity index is 394. The molecule has 0 bridgehead atoms. The summed E-state index contributed by atoms with van der Waals surface area (Å²) in [5.41, 5.74) is -1.02. The minimum Gasteiger partial charge on any atom is -0.391 e. The zero-order valence-corrected chi connectivity index (χ0v) is 9.61. The van der Waals surface area contributed by atoms with Crippen molar-refractivity contribution in [2.45, 2.75) is 44.0 Å². The molecule has 2 rings (SSSR count). The lowest BCUT2D eigenvalue weighted by molar-refractivity contribution is -0.141. The number of alkyl halides is 3. The smallest absolute Gasteiger partial charge is 0.391 e. The SMILES string of the molecule is OC1CCCCC1Nc1ccc(C(F)(F)F)nn1. The molecule has 1 aromatic heterocycles. The highest BCUT2D eigenvalue weighted by molar-refractivity contribution is 5.35. The lowest BCUT2D eigenvalue weighted by Gasteiger charge is -2.28. The maximum Gasteiger partial charge on any atom is 0.435 e. The lowest BCUT2D eigenvalue weighted by Crippen LogP contribution is -2.36. The van der Waals surface area contributed by atoms with Gasteiger partial charge in [0.15, 0.2) is 5.69 Å². The third-order valence-electron chi connectivity index (χ3n) is 3.02. The van der Waals surface area contributed by atoms with Crippen LogP contribution in [0.2, 0.25) is 0 Å². The fraction of sp³-hybridized carbons (Fsp3) is 0.636. The van der Waals surface area contributed by atoms with Gasteiger partial charge in [-0.1, -0.05) is 12.8 Å². The van der Waals surface area contributed by atoms with Crippen LogP contribution in [0.15, 0.2) is 12.1 Å². The number of aliphatic hydroxyl groups excluding tert-OH is 1. The van der Waals surface area contributed by atoms with E-state index in [2.05, 4.69) is 15.5 Å². The van der Waals surface area contributed by atoms with Gasteiger partial charge in [0.05, 0.1) is 12.1 Å². The van der Waals surface area contributed by atoms with Crippen LogP contribution >= 0.6 is 0 Å². The van der Waals surface area contributed by atoms with Crippen molar-refractivity contribution in [3.8, 4) is 0 Å². The first-order chi connectivity index (χ1) is 8.47. The highest BCUT2D eigenvalue weighted by Gasteiger charge is 2.33. The maximum absolute atomic E-state index is 12.3. The van der Waals surface area contributed by atoms with Gasteiger partial charge in [-0.15, -0.1) is 10.2 Å². The van der Waals surface area contributed by atoms with Crippen molar-refractivity contribution < 1.29 is 18.3 Å². The molecule has 0 aliphatic heterocycles. The Morgan fingerprint density at radius 3 is 2.44 bits per heavy atom. The number of nitrogens with zero attached hydrogens (tertiary/aromatic N) is 2. The normalized spacial score (nSPS) is 24.9. The molecule has 1 saturated carbocycles. The van der Waals surface area contributed by atoms with Crippen LogP contribution in [0.5, 0.6) is 0 Å². The quantitative estimate of drug-likeness (QED) is 0.857. The van der Waals surface area contributed by atoms with Gasteiger partial charge in [0.1, 0.15) is 5.82 Å². The van der Waals surface area contributed by atoms with Gasteiger partial charge in [0.2, 0.25) is 0 Å².